The third-order valence-electron chi connectivity index (χ3n) is 5.54. The molecule has 0 aromatic carbocycles. The molecule has 238 valence electrons. The second-order valence-corrected chi connectivity index (χ2v) is 9.56. The zero-order valence-corrected chi connectivity index (χ0v) is 23.6. The molecule has 42 heavy (non-hydrogen) atoms. The maximum Gasteiger partial charge on any atom is 0.326 e. The van der Waals surface area contributed by atoms with E-state index in [1.54, 1.807) is 13.8 Å². The quantitative estimate of drug-likeness (QED) is 0.0373. The van der Waals surface area contributed by atoms with Crippen LogP contribution in [-0.4, -0.2) is 113 Å². The van der Waals surface area contributed by atoms with Crippen molar-refractivity contribution in [1.82, 2.24) is 26.6 Å². The first kappa shape index (κ1) is 37.5. The van der Waals surface area contributed by atoms with E-state index in [1.807, 2.05) is 5.32 Å². The molecule has 0 spiro atoms. The molecule has 5 atom stereocenters. The molecule has 0 aliphatic carbocycles. The number of aliphatic hydroxyl groups is 1. The zero-order chi connectivity index (χ0) is 32.6. The summed E-state index contributed by atoms with van der Waals surface area (Å²) < 4.78 is 0. The number of carboxylic acid groups (broad SMARTS) is 2. The molecule has 19 heteroatoms. The Kier molecular flexibility index (Phi) is 16.7. The summed E-state index contributed by atoms with van der Waals surface area (Å²) in [5.41, 5.74) is 16.3. The molecule has 0 rings (SSSR count). The van der Waals surface area contributed by atoms with Crippen molar-refractivity contribution < 1.29 is 48.9 Å². The molecular formula is C23H41N9O10. The molecule has 0 aliphatic heterocycles. The fourth-order valence-electron chi connectivity index (χ4n) is 3.16. The number of nitrogens with two attached hydrogens (primary N) is 3. The van der Waals surface area contributed by atoms with E-state index in [-0.39, 0.29) is 31.3 Å². The smallest absolute Gasteiger partial charge is 0.326 e. The number of guanidine groups is 1. The molecule has 0 radical (unpaired) electrons. The van der Waals surface area contributed by atoms with Gasteiger partial charge in [-0.3, -0.25) is 33.8 Å². The van der Waals surface area contributed by atoms with E-state index in [0.717, 1.165) is 0 Å². The van der Waals surface area contributed by atoms with Gasteiger partial charge in [0.2, 0.25) is 29.5 Å². The van der Waals surface area contributed by atoms with Crippen molar-refractivity contribution in [3.05, 3.63) is 0 Å². The number of hydrogen-bond donors (Lipinski definition) is 11. The van der Waals surface area contributed by atoms with Crippen molar-refractivity contribution in [2.45, 2.75) is 70.3 Å². The molecular weight excluding hydrogens is 562 g/mol. The number of aliphatic hydroxyl groups excluding tert-OH is 1. The zero-order valence-electron chi connectivity index (χ0n) is 23.6. The number of aliphatic carboxylic acids is 2. The topological polar surface area (TPSA) is 331 Å². The summed E-state index contributed by atoms with van der Waals surface area (Å²) in [6.45, 7) is 3.31. The number of aliphatic imine (C=N–C) groups is 1. The lowest BCUT2D eigenvalue weighted by molar-refractivity contribution is -0.147. The molecule has 0 aliphatic rings. The second-order valence-electron chi connectivity index (χ2n) is 9.56. The standard InChI is InChI=1S/C23H41N9O10/c1-10(2)17(24)20(39)32-18(11(3)33)21(40)29-9-14(34)30-12(5-4-6-27-23(25)26)19(38)28-8-15(35)31-13(22(41)42)7-16(36)37/h10-13,17-18,33H,4-9,24H2,1-3H3,(H,28,38)(H,29,40)(H,30,34)(H,31,35)(H,32,39)(H,36,37)(H,41,42)(H4,25,26,27)/t11-,12+,13+,17+,18+/m1/s1. The SMILES string of the molecule is CC(C)[C@H](N)C(=O)N[C@H](C(=O)NCC(=O)N[C@@H](CCCN=C(N)N)C(=O)NCC(=O)N[C@@H](CC(=O)O)C(=O)O)[C@@H](C)O. The van der Waals surface area contributed by atoms with Crippen LogP contribution in [0.2, 0.25) is 0 Å². The third kappa shape index (κ3) is 15.3. The molecule has 0 unspecified atom stereocenters. The van der Waals surface area contributed by atoms with Crippen molar-refractivity contribution in [2.75, 3.05) is 19.6 Å². The molecule has 0 bridgehead atoms. The summed E-state index contributed by atoms with van der Waals surface area (Å²) in [4.78, 5) is 87.7. The van der Waals surface area contributed by atoms with Gasteiger partial charge in [0.05, 0.1) is 31.7 Å². The summed E-state index contributed by atoms with van der Waals surface area (Å²) in [5, 5.41) is 38.8. The van der Waals surface area contributed by atoms with E-state index >= 15 is 0 Å². The van der Waals surface area contributed by atoms with Crippen LogP contribution in [0.4, 0.5) is 0 Å². The Balaban J connectivity index is 5.27. The molecule has 0 heterocycles. The van der Waals surface area contributed by atoms with Crippen molar-refractivity contribution in [2.24, 2.45) is 28.1 Å². The van der Waals surface area contributed by atoms with Gasteiger partial charge < -0.3 is 59.1 Å². The van der Waals surface area contributed by atoms with Gasteiger partial charge in [0.15, 0.2) is 5.96 Å². The number of amides is 5. The van der Waals surface area contributed by atoms with Crippen LogP contribution in [0.3, 0.4) is 0 Å². The van der Waals surface area contributed by atoms with Gasteiger partial charge in [-0.2, -0.15) is 0 Å². The summed E-state index contributed by atoms with van der Waals surface area (Å²) in [6.07, 6.45) is -2.07. The second kappa shape index (κ2) is 18.8. The minimum atomic E-state index is -1.73. The number of carboxylic acids is 2. The van der Waals surface area contributed by atoms with Gasteiger partial charge in [0.25, 0.3) is 0 Å². The number of carbonyl (C=O) groups is 7. The van der Waals surface area contributed by atoms with Gasteiger partial charge in [0, 0.05) is 6.54 Å². The molecule has 19 nitrogen and oxygen atoms in total. The van der Waals surface area contributed by atoms with Crippen LogP contribution in [0.15, 0.2) is 4.99 Å². The normalized spacial score (nSPS) is 14.2. The van der Waals surface area contributed by atoms with Gasteiger partial charge in [-0.15, -0.1) is 0 Å². The van der Waals surface area contributed by atoms with Gasteiger partial charge in [-0.25, -0.2) is 4.79 Å². The molecule has 0 aromatic rings. The summed E-state index contributed by atoms with van der Waals surface area (Å²) in [6, 6.07) is -5.37. The fraction of sp³-hybridized carbons (Fsp3) is 0.652. The third-order valence-corrected chi connectivity index (χ3v) is 5.54. The lowest BCUT2D eigenvalue weighted by Crippen LogP contribution is -2.58. The van der Waals surface area contributed by atoms with Crippen LogP contribution < -0.4 is 43.8 Å². The Labute approximate surface area is 241 Å². The van der Waals surface area contributed by atoms with Crippen LogP contribution in [0.1, 0.15) is 40.0 Å². The van der Waals surface area contributed by atoms with Crippen LogP contribution in [-0.2, 0) is 33.6 Å². The van der Waals surface area contributed by atoms with Crippen molar-refractivity contribution in [3.8, 4) is 0 Å². The van der Waals surface area contributed by atoms with Gasteiger partial charge in [-0.1, -0.05) is 13.8 Å². The predicted octanol–water partition coefficient (Wildman–Crippen LogP) is -5.35. The first-order valence-electron chi connectivity index (χ1n) is 12.8. The molecule has 0 fully saturated rings. The largest absolute Gasteiger partial charge is 0.481 e. The van der Waals surface area contributed by atoms with Crippen molar-refractivity contribution in [1.29, 1.82) is 0 Å². The van der Waals surface area contributed by atoms with Crippen LogP contribution >= 0.6 is 0 Å². The Morgan fingerprint density at radius 1 is 0.786 bits per heavy atom. The summed E-state index contributed by atoms with van der Waals surface area (Å²) in [5.74, 6) is -7.82. The first-order valence-corrected chi connectivity index (χ1v) is 12.8. The average molecular weight is 604 g/mol. The molecule has 14 N–H and O–H groups in total. The Morgan fingerprint density at radius 3 is 1.76 bits per heavy atom. The molecule has 0 aromatic heterocycles. The van der Waals surface area contributed by atoms with Crippen molar-refractivity contribution in [3.63, 3.8) is 0 Å². The molecule has 0 saturated heterocycles. The highest BCUT2D eigenvalue weighted by Gasteiger charge is 2.29. The van der Waals surface area contributed by atoms with Crippen LogP contribution in [0.5, 0.6) is 0 Å². The molecule has 0 saturated carbocycles. The Bertz CT molecular complexity index is 1010. The van der Waals surface area contributed by atoms with E-state index in [0.29, 0.717) is 0 Å². The van der Waals surface area contributed by atoms with E-state index < -0.39 is 91.3 Å². The van der Waals surface area contributed by atoms with Crippen LogP contribution in [0, 0.1) is 5.92 Å². The van der Waals surface area contributed by atoms with E-state index in [9.17, 15) is 38.7 Å². The molecule has 5 amide bonds. The van der Waals surface area contributed by atoms with Gasteiger partial charge >= 0.3 is 11.9 Å². The minimum Gasteiger partial charge on any atom is -0.481 e. The van der Waals surface area contributed by atoms with Gasteiger partial charge in [-0.05, 0) is 25.7 Å². The van der Waals surface area contributed by atoms with E-state index in [4.69, 9.17) is 27.4 Å². The number of rotatable bonds is 19. The minimum absolute atomic E-state index is 0.0276. The Hall–Kier alpha value is -4.52. The monoisotopic (exact) mass is 603 g/mol. The first-order chi connectivity index (χ1) is 19.5. The maximum absolute atomic E-state index is 12.7. The summed E-state index contributed by atoms with van der Waals surface area (Å²) >= 11 is 0. The lowest BCUT2D eigenvalue weighted by atomic mass is 10.0. The average Bonchev–Trinajstić information content (AvgIpc) is 2.88. The highest BCUT2D eigenvalue weighted by Crippen LogP contribution is 2.02. The van der Waals surface area contributed by atoms with Gasteiger partial charge in [0.1, 0.15) is 18.1 Å². The van der Waals surface area contributed by atoms with Crippen molar-refractivity contribution >= 4 is 47.4 Å². The van der Waals surface area contributed by atoms with E-state index in [1.165, 1.54) is 6.92 Å². The summed E-state index contributed by atoms with van der Waals surface area (Å²) in [7, 11) is 0. The predicted molar refractivity (Wildman–Crippen MR) is 146 cm³/mol. The highest BCUT2D eigenvalue weighted by molar-refractivity contribution is 5.94. The van der Waals surface area contributed by atoms with Crippen LogP contribution in [0.25, 0.3) is 0 Å². The van der Waals surface area contributed by atoms with E-state index in [2.05, 4.69) is 26.3 Å². The number of nitrogens with zero attached hydrogens (tertiary/aromatic N) is 1. The fourth-order valence-corrected chi connectivity index (χ4v) is 3.16. The lowest BCUT2D eigenvalue weighted by Gasteiger charge is -2.24. The maximum atomic E-state index is 12.7. The number of carbonyl (C=O) groups excluding carboxylic acids is 5. The number of hydrogen-bond acceptors (Lipinski definition) is 10. The highest BCUT2D eigenvalue weighted by atomic mass is 16.4. The Morgan fingerprint density at radius 2 is 1.31 bits per heavy atom. The number of nitrogens with one attached hydrogen (secondary N) is 5.